The molecule has 4 unspecified atom stereocenters. The Balaban J connectivity index is 1.07. The van der Waals surface area contributed by atoms with Crippen molar-refractivity contribution in [3.8, 4) is 5.69 Å². The maximum atomic E-state index is 5.61. The third-order valence-corrected chi connectivity index (χ3v) is 12.2. The molecule has 0 saturated heterocycles. The van der Waals surface area contributed by atoms with Gasteiger partial charge in [-0.2, -0.15) is 0 Å². The Morgan fingerprint density at radius 3 is 2.36 bits per heavy atom. The first-order valence-electron chi connectivity index (χ1n) is 19.1. The van der Waals surface area contributed by atoms with Crippen molar-refractivity contribution in [1.82, 2.24) is 14.0 Å². The van der Waals surface area contributed by atoms with E-state index >= 15 is 0 Å². The second-order valence-electron chi connectivity index (χ2n) is 15.0. The first kappa shape index (κ1) is 30.5. The maximum absolute atomic E-state index is 5.61. The third kappa shape index (κ3) is 4.64. The largest absolute Gasteiger partial charge is 0.338 e. The molecule has 0 fully saturated rings. The highest BCUT2D eigenvalue weighted by Crippen LogP contribution is 2.43. The van der Waals surface area contributed by atoms with E-state index in [2.05, 4.69) is 185 Å². The van der Waals surface area contributed by atoms with Gasteiger partial charge < -0.3 is 9.47 Å². The lowest BCUT2D eigenvalue weighted by Gasteiger charge is -2.46. The molecular weight excluding hydrogens is 645 g/mol. The second kappa shape index (κ2) is 12.0. The second-order valence-corrected chi connectivity index (χ2v) is 15.0. The molecular formula is C49H40N4. The average Bonchev–Trinajstić information content (AvgIpc) is 3.73. The monoisotopic (exact) mass is 684 g/mol. The quantitative estimate of drug-likeness (QED) is 0.182. The minimum Gasteiger partial charge on any atom is -0.338 e. The summed E-state index contributed by atoms with van der Waals surface area (Å²) in [7, 11) is 2.27. The van der Waals surface area contributed by atoms with E-state index in [0.29, 0.717) is 11.8 Å². The highest BCUT2D eigenvalue weighted by molar-refractivity contribution is 6.15. The molecule has 0 N–H and O–H groups in total. The number of likely N-dealkylation sites (N-methyl/N-ethyl adjacent to an activating group) is 1. The zero-order valence-corrected chi connectivity index (χ0v) is 29.8. The van der Waals surface area contributed by atoms with Crippen LogP contribution in [0.25, 0.3) is 50.0 Å². The van der Waals surface area contributed by atoms with Crippen molar-refractivity contribution in [3.63, 3.8) is 0 Å². The molecule has 3 heterocycles. The summed E-state index contributed by atoms with van der Waals surface area (Å²) in [4.78, 5) is 8.09. The number of aliphatic imine (C=N–C) groups is 1. The molecule has 256 valence electrons. The number of para-hydroxylation sites is 3. The summed E-state index contributed by atoms with van der Waals surface area (Å²) < 4.78 is 4.93. The number of fused-ring (bicyclic) bond motifs is 8. The third-order valence-electron chi connectivity index (χ3n) is 12.2. The van der Waals surface area contributed by atoms with Gasteiger partial charge in [-0.3, -0.25) is 4.57 Å². The predicted octanol–water partition coefficient (Wildman–Crippen LogP) is 10.9. The standard InChI is InChI=1S/C49H40N4/c1-51-48(40-22-13-15-32-14-5-6-18-36(32)40)41-21-7-10-23-43(41)50-49(51)53-45-25-12-8-19-37(45)39-28-26-34(31-47(39)53)33-27-29-46-42(30-33)38-20-9-11-24-44(38)52(46)35-16-3-2-4-17-35/h2-22,24-26,28,30-31,36,40,43,48H,23,27,29H2,1H3. The minimum atomic E-state index is 0.114. The van der Waals surface area contributed by atoms with E-state index < -0.39 is 0 Å². The smallest absolute Gasteiger partial charge is 0.206 e. The number of benzene rings is 4. The molecule has 11 rings (SSSR count). The molecule has 0 radical (unpaired) electrons. The van der Waals surface area contributed by atoms with Gasteiger partial charge >= 0.3 is 0 Å². The highest BCUT2D eigenvalue weighted by atomic mass is 15.3. The van der Waals surface area contributed by atoms with Crippen LogP contribution in [0.5, 0.6) is 0 Å². The van der Waals surface area contributed by atoms with Crippen molar-refractivity contribution >= 4 is 50.3 Å². The summed E-state index contributed by atoms with van der Waals surface area (Å²) in [5, 5.41) is 3.84. The Morgan fingerprint density at radius 1 is 0.679 bits per heavy atom. The van der Waals surface area contributed by atoms with E-state index in [1.54, 1.807) is 0 Å². The van der Waals surface area contributed by atoms with Gasteiger partial charge in [0.05, 0.1) is 28.6 Å². The number of hydrogen-bond donors (Lipinski definition) is 0. The van der Waals surface area contributed by atoms with Crippen LogP contribution in [0.15, 0.2) is 174 Å². The van der Waals surface area contributed by atoms with Crippen molar-refractivity contribution in [2.24, 2.45) is 16.8 Å². The van der Waals surface area contributed by atoms with Gasteiger partial charge in [0.1, 0.15) is 0 Å². The molecule has 6 aromatic rings. The molecule has 4 aromatic carbocycles. The summed E-state index contributed by atoms with van der Waals surface area (Å²) in [6, 6.07) is 36.0. The molecule has 53 heavy (non-hydrogen) atoms. The van der Waals surface area contributed by atoms with E-state index in [9.17, 15) is 0 Å². The highest BCUT2D eigenvalue weighted by Gasteiger charge is 2.42. The van der Waals surface area contributed by atoms with Crippen molar-refractivity contribution < 1.29 is 0 Å². The van der Waals surface area contributed by atoms with Crippen molar-refractivity contribution in [3.05, 3.63) is 186 Å². The molecule has 0 amide bonds. The van der Waals surface area contributed by atoms with Gasteiger partial charge in [-0.15, -0.1) is 0 Å². The molecule has 0 saturated carbocycles. The summed E-state index contributed by atoms with van der Waals surface area (Å²) >= 11 is 0. The lowest BCUT2D eigenvalue weighted by molar-refractivity contribution is 0.272. The van der Waals surface area contributed by atoms with Crippen LogP contribution >= 0.6 is 0 Å². The lowest BCUT2D eigenvalue weighted by Crippen LogP contribution is -2.53. The molecule has 4 atom stereocenters. The molecule has 4 heteroatoms. The summed E-state index contributed by atoms with van der Waals surface area (Å²) in [6.45, 7) is 0. The van der Waals surface area contributed by atoms with Crippen LogP contribution < -0.4 is 0 Å². The van der Waals surface area contributed by atoms with Crippen molar-refractivity contribution in [1.29, 1.82) is 0 Å². The zero-order chi connectivity index (χ0) is 35.0. The van der Waals surface area contributed by atoms with Gasteiger partial charge in [0, 0.05) is 52.0 Å². The first-order chi connectivity index (χ1) is 26.2. The number of hydrogen-bond acceptors (Lipinski definition) is 2. The Kier molecular flexibility index (Phi) is 6.88. The van der Waals surface area contributed by atoms with Gasteiger partial charge in [0.25, 0.3) is 0 Å². The van der Waals surface area contributed by atoms with E-state index in [1.165, 1.54) is 71.9 Å². The van der Waals surface area contributed by atoms with Crippen LogP contribution in [0, 0.1) is 11.8 Å². The number of aromatic nitrogens is 2. The Morgan fingerprint density at radius 2 is 1.47 bits per heavy atom. The maximum Gasteiger partial charge on any atom is 0.206 e. The fraction of sp³-hybridized carbons (Fsp3) is 0.163. The number of allylic oxidation sites excluding steroid dienone is 10. The molecule has 2 aromatic heterocycles. The lowest BCUT2D eigenvalue weighted by atomic mass is 9.72. The Labute approximate surface area is 310 Å². The Hall–Kier alpha value is -6.13. The number of nitrogens with zero attached hydrogens (tertiary/aromatic N) is 4. The predicted molar refractivity (Wildman–Crippen MR) is 221 cm³/mol. The van der Waals surface area contributed by atoms with Crippen molar-refractivity contribution in [2.45, 2.75) is 31.3 Å². The van der Waals surface area contributed by atoms with E-state index in [0.717, 1.165) is 25.2 Å². The van der Waals surface area contributed by atoms with Crippen LogP contribution in [-0.2, 0) is 6.42 Å². The zero-order valence-electron chi connectivity index (χ0n) is 29.8. The van der Waals surface area contributed by atoms with Crippen molar-refractivity contribution in [2.75, 3.05) is 7.05 Å². The first-order valence-corrected chi connectivity index (χ1v) is 19.1. The summed E-state index contributed by atoms with van der Waals surface area (Å²) in [5.41, 5.74) is 13.1. The molecule has 0 bridgehead atoms. The van der Waals surface area contributed by atoms with E-state index in [-0.39, 0.29) is 12.1 Å². The minimum absolute atomic E-state index is 0.114. The van der Waals surface area contributed by atoms with Gasteiger partial charge in [0.15, 0.2) is 0 Å². The normalized spacial score (nSPS) is 23.1. The molecule has 1 aliphatic heterocycles. The molecule has 4 nitrogen and oxygen atoms in total. The average molecular weight is 685 g/mol. The fourth-order valence-corrected chi connectivity index (χ4v) is 9.85. The van der Waals surface area contributed by atoms with Gasteiger partial charge in [0.2, 0.25) is 5.96 Å². The van der Waals surface area contributed by atoms with Crippen LogP contribution in [0.4, 0.5) is 0 Å². The summed E-state index contributed by atoms with van der Waals surface area (Å²) in [6.07, 6.45) is 28.3. The van der Waals surface area contributed by atoms with Crippen LogP contribution in [-0.4, -0.2) is 39.1 Å². The van der Waals surface area contributed by atoms with Crippen LogP contribution in [0.3, 0.4) is 0 Å². The summed E-state index contributed by atoms with van der Waals surface area (Å²) in [5.74, 6) is 1.67. The topological polar surface area (TPSA) is 25.5 Å². The fourth-order valence-electron chi connectivity index (χ4n) is 9.85. The number of rotatable bonds is 3. The van der Waals surface area contributed by atoms with Gasteiger partial charge in [-0.05, 0) is 78.0 Å². The van der Waals surface area contributed by atoms with E-state index in [1.807, 2.05) is 0 Å². The van der Waals surface area contributed by atoms with Gasteiger partial charge in [-0.1, -0.05) is 127 Å². The molecule has 5 aliphatic rings. The SMILES string of the molecule is CN1C(n2c3ccccc3c3ccc(C4=Cc5c(n(-c6ccccc6)c6ccccc56)CC4)cc32)=NC2CC=CC=C2C1C1C=CC=C2C=CC=CC21. The molecule has 4 aliphatic carbocycles. The van der Waals surface area contributed by atoms with Crippen LogP contribution in [0.2, 0.25) is 0 Å². The van der Waals surface area contributed by atoms with Gasteiger partial charge in [-0.25, -0.2) is 4.99 Å². The molecule has 0 spiro atoms. The van der Waals surface area contributed by atoms with Crippen LogP contribution in [0.1, 0.15) is 29.7 Å². The Bertz CT molecular complexity index is 2740. The van der Waals surface area contributed by atoms with E-state index in [4.69, 9.17) is 4.99 Å².